The fraction of sp³-hybridized carbons (Fsp3) is 0.407. The molecule has 0 N–H and O–H groups in total. The zero-order valence-electron chi connectivity index (χ0n) is 19.5. The van der Waals surface area contributed by atoms with Crippen LogP contribution >= 0.6 is 0 Å². The number of fused-ring (bicyclic) bond motifs is 1. The highest BCUT2D eigenvalue weighted by Gasteiger charge is 2.23. The summed E-state index contributed by atoms with van der Waals surface area (Å²) in [5.74, 6) is 0.725. The van der Waals surface area contributed by atoms with Crippen LogP contribution in [0.25, 0.3) is 22.3 Å². The predicted octanol–water partition coefficient (Wildman–Crippen LogP) is 5.44. The van der Waals surface area contributed by atoms with E-state index < -0.39 is 5.56 Å². The second-order valence-electron chi connectivity index (χ2n) is 8.16. The molecule has 176 valence electrons. The summed E-state index contributed by atoms with van der Waals surface area (Å²) < 4.78 is 7.67. The molecule has 0 atom stereocenters. The van der Waals surface area contributed by atoms with Gasteiger partial charge >= 0.3 is 5.56 Å². The Kier molecular flexibility index (Phi) is 9.36. The lowest BCUT2D eigenvalue weighted by Crippen LogP contribution is -2.42. The van der Waals surface area contributed by atoms with Gasteiger partial charge in [0.2, 0.25) is 5.52 Å². The average Bonchev–Trinajstić information content (AvgIpc) is 2.84. The van der Waals surface area contributed by atoms with Crippen molar-refractivity contribution in [2.75, 3.05) is 13.2 Å². The van der Waals surface area contributed by atoms with Crippen LogP contribution in [0.5, 0.6) is 5.75 Å². The molecule has 33 heavy (non-hydrogen) atoms. The third kappa shape index (κ3) is 6.37. The molecule has 3 rings (SSSR count). The number of aromatic nitrogens is 2. The minimum Gasteiger partial charge on any atom is -0.618 e. The number of rotatable bonds is 14. The zero-order valence-corrected chi connectivity index (χ0v) is 19.5. The molecule has 0 amide bonds. The Morgan fingerprint density at radius 2 is 1.64 bits per heavy atom. The van der Waals surface area contributed by atoms with E-state index in [1.165, 1.54) is 44.9 Å². The molecule has 0 bridgehead atoms. The van der Waals surface area contributed by atoms with Crippen LogP contribution in [0, 0.1) is 5.21 Å². The van der Waals surface area contributed by atoms with Gasteiger partial charge in [0.05, 0.1) is 12.2 Å². The van der Waals surface area contributed by atoms with Crippen LogP contribution in [-0.2, 0) is 0 Å². The van der Waals surface area contributed by atoms with E-state index in [0.29, 0.717) is 27.9 Å². The van der Waals surface area contributed by atoms with Crippen molar-refractivity contribution in [1.29, 1.82) is 0 Å². The molecule has 2 aromatic carbocycles. The minimum absolute atomic E-state index is 0.00684. The Morgan fingerprint density at radius 3 is 2.33 bits per heavy atom. The molecule has 0 aliphatic heterocycles. The molecule has 0 spiro atoms. The highest BCUT2D eigenvalue weighted by atomic mass is 16.7. The molecule has 1 aromatic heterocycles. The lowest BCUT2D eigenvalue weighted by Gasteiger charge is -2.13. The smallest absolute Gasteiger partial charge is 0.357 e. The molecule has 0 fully saturated rings. The molecule has 6 nitrogen and oxygen atoms in total. The summed E-state index contributed by atoms with van der Waals surface area (Å²) in [6.45, 7) is 6.67. The van der Waals surface area contributed by atoms with Crippen molar-refractivity contribution in [3.8, 4) is 17.0 Å². The Balaban J connectivity index is 1.66. The van der Waals surface area contributed by atoms with Gasteiger partial charge in [-0.1, -0.05) is 76.7 Å². The number of hydrogen-bond acceptors (Lipinski definition) is 4. The summed E-state index contributed by atoms with van der Waals surface area (Å²) in [4.78, 5) is 18.7. The van der Waals surface area contributed by atoms with E-state index in [1.807, 2.05) is 0 Å². The molecular weight excluding hydrogens is 416 g/mol. The molecule has 0 radical (unpaired) electrons. The second-order valence-corrected chi connectivity index (χ2v) is 8.16. The fourth-order valence-corrected chi connectivity index (χ4v) is 3.85. The molecule has 1 heterocycles. The summed E-state index contributed by atoms with van der Waals surface area (Å²) >= 11 is 0. The SMILES string of the molecule is C=CCOn1c(=O)c(-c2ccc(OCCCCCCCCCC)cc2)[n+]([O-])c2ccccc21. The molecule has 0 aliphatic carbocycles. The zero-order chi connectivity index (χ0) is 23.5. The predicted molar refractivity (Wildman–Crippen MR) is 132 cm³/mol. The Hall–Kier alpha value is -3.28. The summed E-state index contributed by atoms with van der Waals surface area (Å²) in [6.07, 6.45) is 11.6. The van der Waals surface area contributed by atoms with Gasteiger partial charge in [0.25, 0.3) is 5.69 Å². The van der Waals surface area contributed by atoms with Gasteiger partial charge in [-0.2, -0.15) is 4.73 Å². The van der Waals surface area contributed by atoms with E-state index >= 15 is 0 Å². The number of unbranched alkanes of at least 4 members (excludes halogenated alkanes) is 7. The van der Waals surface area contributed by atoms with Gasteiger partial charge in [-0.15, -0.1) is 4.73 Å². The maximum absolute atomic E-state index is 13.1. The monoisotopic (exact) mass is 450 g/mol. The number of hydrogen-bond donors (Lipinski definition) is 0. The lowest BCUT2D eigenvalue weighted by molar-refractivity contribution is -0.566. The van der Waals surface area contributed by atoms with E-state index in [1.54, 1.807) is 54.6 Å². The molecule has 0 unspecified atom stereocenters. The van der Waals surface area contributed by atoms with Crippen LogP contribution in [0.1, 0.15) is 58.3 Å². The topological polar surface area (TPSA) is 67.4 Å². The summed E-state index contributed by atoms with van der Waals surface area (Å²) in [5.41, 5.74) is 0.765. The van der Waals surface area contributed by atoms with Gasteiger partial charge in [-0.3, -0.25) is 4.79 Å². The van der Waals surface area contributed by atoms with E-state index in [-0.39, 0.29) is 12.3 Å². The highest BCUT2D eigenvalue weighted by molar-refractivity contribution is 5.73. The number of benzene rings is 2. The van der Waals surface area contributed by atoms with E-state index in [2.05, 4.69) is 13.5 Å². The summed E-state index contributed by atoms with van der Waals surface area (Å²) in [7, 11) is 0. The van der Waals surface area contributed by atoms with Crippen molar-refractivity contribution in [2.45, 2.75) is 58.3 Å². The van der Waals surface area contributed by atoms with E-state index in [4.69, 9.17) is 9.57 Å². The van der Waals surface area contributed by atoms with Gasteiger partial charge in [0, 0.05) is 6.07 Å². The second kappa shape index (κ2) is 12.7. The fourth-order valence-electron chi connectivity index (χ4n) is 3.85. The maximum atomic E-state index is 13.1. The van der Waals surface area contributed by atoms with Gasteiger partial charge in [-0.05, 0) is 36.8 Å². The third-order valence-electron chi connectivity index (χ3n) is 5.63. The van der Waals surface area contributed by atoms with Crippen molar-refractivity contribution in [2.24, 2.45) is 0 Å². The Morgan fingerprint density at radius 1 is 0.970 bits per heavy atom. The molecule has 3 aromatic rings. The largest absolute Gasteiger partial charge is 0.618 e. The van der Waals surface area contributed by atoms with Crippen LogP contribution < -0.4 is 19.9 Å². The van der Waals surface area contributed by atoms with Gasteiger partial charge in [-0.25, -0.2) is 0 Å². The molecule has 0 saturated carbocycles. The van der Waals surface area contributed by atoms with Crippen molar-refractivity contribution < 1.29 is 14.3 Å². The first-order valence-electron chi connectivity index (χ1n) is 11.9. The minimum atomic E-state index is -0.516. The normalized spacial score (nSPS) is 10.9. The van der Waals surface area contributed by atoms with Gasteiger partial charge in [0.1, 0.15) is 12.4 Å². The van der Waals surface area contributed by atoms with Crippen molar-refractivity contribution in [3.63, 3.8) is 0 Å². The number of ether oxygens (including phenoxy) is 1. The standard InChI is InChI=1S/C27H34N2O4/c1-3-5-6-7-8-9-10-13-21-32-23-18-16-22(17-19-23)26-27(30)29(33-20-4-2)25-15-12-11-14-24(25)28(26)31/h4,11-12,14-19H,2-3,5-10,13,20-21H2,1H3. The average molecular weight is 451 g/mol. The summed E-state index contributed by atoms with van der Waals surface area (Å²) in [6, 6.07) is 13.9. The first-order valence-corrected chi connectivity index (χ1v) is 11.9. The lowest BCUT2D eigenvalue weighted by atomic mass is 10.1. The third-order valence-corrected chi connectivity index (χ3v) is 5.63. The quantitative estimate of drug-likeness (QED) is 0.142. The molecule has 0 aliphatic rings. The van der Waals surface area contributed by atoms with Crippen molar-refractivity contribution in [3.05, 3.63) is 76.7 Å². The Labute approximate surface area is 195 Å². The first-order chi connectivity index (χ1) is 16.2. The number of para-hydroxylation sites is 2. The summed E-state index contributed by atoms with van der Waals surface area (Å²) in [5, 5.41) is 13.0. The van der Waals surface area contributed by atoms with E-state index in [9.17, 15) is 10.0 Å². The molecular formula is C27H34N2O4. The Bertz CT molecular complexity index is 1090. The molecule has 0 saturated heterocycles. The van der Waals surface area contributed by atoms with Crippen LogP contribution in [0.4, 0.5) is 0 Å². The van der Waals surface area contributed by atoms with Crippen molar-refractivity contribution in [1.82, 2.24) is 4.73 Å². The van der Waals surface area contributed by atoms with Crippen LogP contribution in [-0.4, -0.2) is 17.9 Å². The van der Waals surface area contributed by atoms with Crippen LogP contribution in [0.3, 0.4) is 0 Å². The highest BCUT2D eigenvalue weighted by Crippen LogP contribution is 2.20. The maximum Gasteiger partial charge on any atom is 0.357 e. The van der Waals surface area contributed by atoms with Gasteiger partial charge < -0.3 is 14.8 Å². The van der Waals surface area contributed by atoms with Gasteiger partial charge in [0.15, 0.2) is 5.52 Å². The van der Waals surface area contributed by atoms with E-state index in [0.717, 1.165) is 16.9 Å². The molecule has 6 heteroatoms. The van der Waals surface area contributed by atoms with Crippen LogP contribution in [0.15, 0.2) is 66.0 Å². The van der Waals surface area contributed by atoms with Crippen LogP contribution in [0.2, 0.25) is 0 Å². The first kappa shape index (κ1) is 24.4. The van der Waals surface area contributed by atoms with Crippen molar-refractivity contribution >= 4 is 11.0 Å². The number of nitrogens with zero attached hydrogens (tertiary/aromatic N) is 2.